The molecule has 0 bridgehead atoms. The van der Waals surface area contributed by atoms with Gasteiger partial charge in [0.1, 0.15) is 0 Å². The third kappa shape index (κ3) is 36.6. The second-order valence-electron chi connectivity index (χ2n) is 16.3. The lowest BCUT2D eigenvalue weighted by Crippen LogP contribution is -2.31. The average Bonchev–Trinajstić information content (AvgIpc) is 3.21. The molecule has 0 aliphatic heterocycles. The van der Waals surface area contributed by atoms with Gasteiger partial charge in [0, 0.05) is 6.61 Å². The maximum atomic E-state index is 9.06. The first-order valence-corrected chi connectivity index (χ1v) is 22.2. The molecule has 1 N–H and O–H groups in total. The summed E-state index contributed by atoms with van der Waals surface area (Å²) < 4.78 is 81.9. The molecular weight excluding hydrogens is 768 g/mol. The van der Waals surface area contributed by atoms with Crippen LogP contribution in [0.2, 0.25) is 0 Å². The van der Waals surface area contributed by atoms with Crippen LogP contribution in [0.5, 0.6) is 0 Å². The number of aliphatic hydroxyl groups excluding tert-OH is 1. The Morgan fingerprint density at radius 3 is 0.458 bits per heavy atom. The molecule has 59 heavy (non-hydrogen) atoms. The average molecular weight is 859 g/mol. The summed E-state index contributed by atoms with van der Waals surface area (Å²) in [6.07, 6.45) is -1.07. The second kappa shape index (κ2) is 36.8. The van der Waals surface area contributed by atoms with Crippen LogP contribution in [0.25, 0.3) is 0 Å². The molecule has 0 radical (unpaired) electrons. The van der Waals surface area contributed by atoms with Crippen LogP contribution in [0.15, 0.2) is 0 Å². The molecule has 0 saturated heterocycles. The van der Waals surface area contributed by atoms with Crippen molar-refractivity contribution in [3.63, 3.8) is 0 Å². The first-order valence-electron chi connectivity index (χ1n) is 22.2. The number of ether oxygens (including phenoxy) is 14. The summed E-state index contributed by atoms with van der Waals surface area (Å²) in [5.74, 6) is 0. The number of rotatable bonds is 42. The molecule has 0 saturated carbocycles. The summed E-state index contributed by atoms with van der Waals surface area (Å²) in [6, 6.07) is 0. The van der Waals surface area contributed by atoms with Gasteiger partial charge in [-0.3, -0.25) is 0 Å². The lowest BCUT2D eigenvalue weighted by atomic mass is 10.3. The maximum absolute atomic E-state index is 9.06. The number of hydrogen-bond acceptors (Lipinski definition) is 15. The molecule has 0 heterocycles. The predicted octanol–water partition coefficient (Wildman–Crippen LogP) is 5.67. The summed E-state index contributed by atoms with van der Waals surface area (Å²) in [5.41, 5.74) is 0. The molecule has 14 unspecified atom stereocenters. The zero-order valence-electron chi connectivity index (χ0n) is 39.9. The van der Waals surface area contributed by atoms with Gasteiger partial charge in [0.25, 0.3) is 0 Å². The van der Waals surface area contributed by atoms with Crippen molar-refractivity contribution < 1.29 is 71.4 Å². The van der Waals surface area contributed by atoms with Crippen LogP contribution >= 0.6 is 0 Å². The summed E-state index contributed by atoms with van der Waals surface area (Å²) >= 11 is 0. The van der Waals surface area contributed by atoms with E-state index in [0.29, 0.717) is 92.5 Å². The van der Waals surface area contributed by atoms with Gasteiger partial charge in [-0.15, -0.1) is 0 Å². The topological polar surface area (TPSA) is 149 Å². The Morgan fingerprint density at radius 1 is 0.220 bits per heavy atom. The molecule has 14 atom stereocenters. The Labute approximate surface area is 359 Å². The molecule has 0 amide bonds. The van der Waals surface area contributed by atoms with Crippen LogP contribution in [0, 0.1) is 0 Å². The summed E-state index contributed by atoms with van der Waals surface area (Å²) in [7, 11) is 0. The highest BCUT2D eigenvalue weighted by molar-refractivity contribution is 4.62. The lowest BCUT2D eigenvalue weighted by Gasteiger charge is -2.23. The van der Waals surface area contributed by atoms with E-state index in [1.165, 1.54) is 0 Å². The van der Waals surface area contributed by atoms with E-state index in [0.717, 1.165) is 0 Å². The van der Waals surface area contributed by atoms with Gasteiger partial charge in [-0.1, -0.05) is 0 Å². The van der Waals surface area contributed by atoms with Gasteiger partial charge in [-0.2, -0.15) is 0 Å². The van der Waals surface area contributed by atoms with Gasteiger partial charge >= 0.3 is 0 Å². The molecule has 0 aromatic rings. The van der Waals surface area contributed by atoms with Crippen LogP contribution in [0.4, 0.5) is 0 Å². The number of hydrogen-bond donors (Lipinski definition) is 1. The van der Waals surface area contributed by atoms with E-state index in [4.69, 9.17) is 71.4 Å². The molecule has 0 aromatic carbocycles. The maximum Gasteiger partial charge on any atom is 0.0781 e. The van der Waals surface area contributed by atoms with Crippen molar-refractivity contribution >= 4 is 0 Å². The van der Waals surface area contributed by atoms with Crippen molar-refractivity contribution in [3.8, 4) is 0 Å². The van der Waals surface area contributed by atoms with Gasteiger partial charge < -0.3 is 71.4 Å². The van der Waals surface area contributed by atoms with E-state index in [1.54, 1.807) is 0 Å². The Morgan fingerprint density at radius 2 is 0.339 bits per heavy atom. The minimum absolute atomic E-state index is 0.00760. The summed E-state index contributed by atoms with van der Waals surface area (Å²) in [6.45, 7) is 36.3. The lowest BCUT2D eigenvalue weighted by molar-refractivity contribution is -0.115. The molecule has 15 nitrogen and oxygen atoms in total. The van der Waals surface area contributed by atoms with Crippen LogP contribution in [-0.2, 0) is 66.3 Å². The van der Waals surface area contributed by atoms with Crippen molar-refractivity contribution in [2.24, 2.45) is 0 Å². The number of aliphatic hydroxyl groups is 1. The van der Waals surface area contributed by atoms with E-state index in [1.807, 2.05) is 104 Å². The Kier molecular flexibility index (Phi) is 36.5. The zero-order valence-corrected chi connectivity index (χ0v) is 39.9. The summed E-state index contributed by atoms with van der Waals surface area (Å²) in [5, 5.41) is 9.06. The highest BCUT2D eigenvalue weighted by Gasteiger charge is 2.17. The van der Waals surface area contributed by atoms with Crippen LogP contribution < -0.4 is 0 Å². The van der Waals surface area contributed by atoms with Crippen LogP contribution in [-0.4, -0.2) is 190 Å². The largest absolute Gasteiger partial charge is 0.394 e. The Balaban J connectivity index is 3.97. The molecule has 0 fully saturated rings. The molecule has 0 spiro atoms. The van der Waals surface area contributed by atoms with Gasteiger partial charge in [0.05, 0.1) is 178 Å². The smallest absolute Gasteiger partial charge is 0.0781 e. The normalized spacial score (nSPS) is 19.5. The second-order valence-corrected chi connectivity index (χ2v) is 16.3. The van der Waals surface area contributed by atoms with Gasteiger partial charge in [0.2, 0.25) is 0 Å². The fourth-order valence-corrected chi connectivity index (χ4v) is 4.86. The Bertz CT molecular complexity index is 922. The monoisotopic (exact) mass is 859 g/mol. The van der Waals surface area contributed by atoms with E-state index in [-0.39, 0.29) is 92.1 Å². The van der Waals surface area contributed by atoms with Crippen molar-refractivity contribution in [2.75, 3.05) is 99.1 Å². The Hall–Kier alpha value is -0.600. The van der Waals surface area contributed by atoms with Crippen molar-refractivity contribution in [2.45, 2.75) is 189 Å². The predicted molar refractivity (Wildman–Crippen MR) is 229 cm³/mol. The fourth-order valence-electron chi connectivity index (χ4n) is 4.86. The minimum Gasteiger partial charge on any atom is -0.394 e. The molecule has 0 aliphatic rings. The highest BCUT2D eigenvalue weighted by atomic mass is 16.6. The first-order chi connectivity index (χ1) is 27.9. The van der Waals surface area contributed by atoms with Crippen LogP contribution in [0.3, 0.4) is 0 Å². The fraction of sp³-hybridized carbons (Fsp3) is 1.00. The molecule has 0 aromatic heterocycles. The van der Waals surface area contributed by atoms with E-state index in [9.17, 15) is 0 Å². The van der Waals surface area contributed by atoms with Crippen molar-refractivity contribution in [1.29, 1.82) is 0 Å². The molecule has 0 rings (SSSR count). The molecule has 356 valence electrons. The zero-order chi connectivity index (χ0) is 44.6. The van der Waals surface area contributed by atoms with Gasteiger partial charge in [0.15, 0.2) is 0 Å². The molecule has 15 heteroatoms. The van der Waals surface area contributed by atoms with Gasteiger partial charge in [-0.05, 0) is 104 Å². The van der Waals surface area contributed by atoms with E-state index in [2.05, 4.69) is 0 Å². The van der Waals surface area contributed by atoms with E-state index >= 15 is 0 Å². The molecule has 0 aliphatic carbocycles. The summed E-state index contributed by atoms with van der Waals surface area (Å²) in [4.78, 5) is 0. The van der Waals surface area contributed by atoms with Crippen molar-refractivity contribution in [1.82, 2.24) is 0 Å². The van der Waals surface area contributed by atoms with Crippen molar-refractivity contribution in [3.05, 3.63) is 0 Å². The van der Waals surface area contributed by atoms with Gasteiger partial charge in [-0.25, -0.2) is 0 Å². The molecular formula is C44H90O15. The quantitative estimate of drug-likeness (QED) is 0.0803. The highest BCUT2D eigenvalue weighted by Crippen LogP contribution is 2.08. The standard InChI is InChI=1S/C44H90O15/c1-16-46-32(3)18-48-34(5)20-50-36(7)22-52-38(9)24-54-40(11)26-56-42(13)28-58-44(15)30-59-43(14)29-57-41(12)27-55-39(10)25-53-37(8)23-51-35(6)21-49-33(4)19-47-31(2)17-45/h31-45H,16-30H2,1-15H3. The van der Waals surface area contributed by atoms with Crippen LogP contribution in [0.1, 0.15) is 104 Å². The minimum atomic E-state index is -0.199. The third-order valence-electron chi connectivity index (χ3n) is 8.71. The SMILES string of the molecule is CCOC(C)COC(C)COC(C)COC(C)COC(C)COC(C)COC(C)COC(C)COC(C)COC(C)COC(C)COC(C)COC(C)COC(C)CO. The van der Waals surface area contributed by atoms with E-state index < -0.39 is 0 Å². The third-order valence-corrected chi connectivity index (χ3v) is 8.71. The first kappa shape index (κ1) is 58.4.